The second kappa shape index (κ2) is 6.72. The van der Waals surface area contributed by atoms with Gasteiger partial charge in [-0.2, -0.15) is 0 Å². The summed E-state index contributed by atoms with van der Waals surface area (Å²) in [5.74, 6) is 0.807. The van der Waals surface area contributed by atoms with Gasteiger partial charge in [0.05, 0.1) is 5.69 Å². The van der Waals surface area contributed by atoms with E-state index in [1.807, 2.05) is 31.3 Å². The van der Waals surface area contributed by atoms with Gasteiger partial charge in [-0.25, -0.2) is 0 Å². The second-order valence-electron chi connectivity index (χ2n) is 4.10. The largest absolute Gasteiger partial charge is 0.385 e. The Bertz CT molecular complexity index is 526. The SMILES string of the molecule is CCNc1ccnc(CSc2nnc(N(C)C)s2)c1. The number of thioether (sulfide) groups is 1. The molecule has 0 spiro atoms. The van der Waals surface area contributed by atoms with E-state index in [0.717, 1.165) is 33.2 Å². The molecule has 0 aromatic carbocycles. The van der Waals surface area contributed by atoms with Gasteiger partial charge in [0.25, 0.3) is 0 Å². The maximum Gasteiger partial charge on any atom is 0.208 e. The summed E-state index contributed by atoms with van der Waals surface area (Å²) in [4.78, 5) is 6.33. The normalized spacial score (nSPS) is 10.5. The molecule has 0 unspecified atom stereocenters. The van der Waals surface area contributed by atoms with Crippen molar-refractivity contribution in [3.63, 3.8) is 0 Å². The molecule has 102 valence electrons. The van der Waals surface area contributed by atoms with Crippen molar-refractivity contribution < 1.29 is 0 Å². The number of nitrogens with one attached hydrogen (secondary N) is 1. The van der Waals surface area contributed by atoms with Crippen LogP contribution in [0, 0.1) is 0 Å². The van der Waals surface area contributed by atoms with Gasteiger partial charge in [-0.05, 0) is 19.1 Å². The predicted octanol–water partition coefficient (Wildman–Crippen LogP) is 2.72. The molecule has 2 heterocycles. The van der Waals surface area contributed by atoms with Crippen LogP contribution < -0.4 is 10.2 Å². The maximum atomic E-state index is 4.36. The van der Waals surface area contributed by atoms with Crippen molar-refractivity contribution in [1.29, 1.82) is 0 Å². The van der Waals surface area contributed by atoms with E-state index in [-0.39, 0.29) is 0 Å². The quantitative estimate of drug-likeness (QED) is 0.827. The van der Waals surface area contributed by atoms with Gasteiger partial charge in [-0.3, -0.25) is 4.98 Å². The van der Waals surface area contributed by atoms with E-state index < -0.39 is 0 Å². The average molecular weight is 295 g/mol. The van der Waals surface area contributed by atoms with Crippen LogP contribution in [-0.2, 0) is 5.75 Å². The Labute approximate surface area is 121 Å². The Balaban J connectivity index is 1.95. The first-order valence-electron chi connectivity index (χ1n) is 6.01. The van der Waals surface area contributed by atoms with Gasteiger partial charge in [-0.1, -0.05) is 23.1 Å². The smallest absolute Gasteiger partial charge is 0.208 e. The van der Waals surface area contributed by atoms with Gasteiger partial charge in [0.1, 0.15) is 0 Å². The number of hydrogen-bond acceptors (Lipinski definition) is 7. The average Bonchev–Trinajstić information content (AvgIpc) is 2.86. The molecule has 2 aromatic rings. The summed E-state index contributed by atoms with van der Waals surface area (Å²) in [5.41, 5.74) is 2.16. The first-order valence-corrected chi connectivity index (χ1v) is 7.81. The fraction of sp³-hybridized carbons (Fsp3) is 0.417. The Kier molecular flexibility index (Phi) is 4.98. The second-order valence-corrected chi connectivity index (χ2v) is 6.28. The van der Waals surface area contributed by atoms with E-state index in [2.05, 4.69) is 33.5 Å². The maximum absolute atomic E-state index is 4.36. The van der Waals surface area contributed by atoms with E-state index in [4.69, 9.17) is 0 Å². The molecule has 1 N–H and O–H groups in total. The Morgan fingerprint density at radius 1 is 1.37 bits per heavy atom. The van der Waals surface area contributed by atoms with Gasteiger partial charge >= 0.3 is 0 Å². The van der Waals surface area contributed by atoms with Crippen LogP contribution in [0.15, 0.2) is 22.7 Å². The Morgan fingerprint density at radius 3 is 2.89 bits per heavy atom. The van der Waals surface area contributed by atoms with E-state index in [9.17, 15) is 0 Å². The summed E-state index contributed by atoms with van der Waals surface area (Å²) in [5, 5.41) is 12.5. The summed E-state index contributed by atoms with van der Waals surface area (Å²) in [6, 6.07) is 4.05. The Morgan fingerprint density at radius 2 is 2.21 bits per heavy atom. The summed E-state index contributed by atoms with van der Waals surface area (Å²) in [6.07, 6.45) is 1.83. The molecule has 0 fully saturated rings. The molecule has 0 saturated carbocycles. The number of hydrogen-bond donors (Lipinski definition) is 1. The zero-order valence-electron chi connectivity index (χ0n) is 11.3. The van der Waals surface area contributed by atoms with Crippen molar-refractivity contribution in [2.24, 2.45) is 0 Å². The molecule has 0 saturated heterocycles. The van der Waals surface area contributed by atoms with Crippen LogP contribution in [0.1, 0.15) is 12.6 Å². The zero-order valence-corrected chi connectivity index (χ0v) is 12.9. The number of aromatic nitrogens is 3. The molecule has 2 rings (SSSR count). The number of nitrogens with zero attached hydrogens (tertiary/aromatic N) is 4. The molecule has 5 nitrogen and oxygen atoms in total. The zero-order chi connectivity index (χ0) is 13.7. The van der Waals surface area contributed by atoms with Crippen LogP contribution >= 0.6 is 23.1 Å². The summed E-state index contributed by atoms with van der Waals surface area (Å²) >= 11 is 3.26. The van der Waals surface area contributed by atoms with Crippen molar-refractivity contribution in [3.8, 4) is 0 Å². The van der Waals surface area contributed by atoms with Crippen molar-refractivity contribution >= 4 is 33.9 Å². The lowest BCUT2D eigenvalue weighted by atomic mass is 10.3. The standard InChI is InChI=1S/C12H17N5S2/c1-4-13-9-5-6-14-10(7-9)8-18-12-16-15-11(19-12)17(2)3/h5-7H,4,8H2,1-3H3,(H,13,14). The topological polar surface area (TPSA) is 53.9 Å². The summed E-state index contributed by atoms with van der Waals surface area (Å²) < 4.78 is 0.972. The number of pyridine rings is 1. The minimum atomic E-state index is 0.807. The molecular weight excluding hydrogens is 278 g/mol. The number of rotatable bonds is 6. The van der Waals surface area contributed by atoms with Gasteiger partial charge < -0.3 is 10.2 Å². The minimum Gasteiger partial charge on any atom is -0.385 e. The first-order chi connectivity index (χ1) is 9.19. The van der Waals surface area contributed by atoms with Gasteiger partial charge in [0.2, 0.25) is 5.13 Å². The third-order valence-electron chi connectivity index (χ3n) is 2.32. The lowest BCUT2D eigenvalue weighted by molar-refractivity contribution is 0.972. The fourth-order valence-electron chi connectivity index (χ4n) is 1.45. The fourth-order valence-corrected chi connectivity index (χ4v) is 3.11. The highest BCUT2D eigenvalue weighted by Gasteiger charge is 2.07. The van der Waals surface area contributed by atoms with Crippen LogP contribution in [0.4, 0.5) is 10.8 Å². The molecule has 0 bridgehead atoms. The molecular formula is C12H17N5S2. The molecule has 0 radical (unpaired) electrons. The third-order valence-corrected chi connectivity index (χ3v) is 4.58. The van der Waals surface area contributed by atoms with Crippen molar-refractivity contribution in [2.45, 2.75) is 17.0 Å². The van der Waals surface area contributed by atoms with Crippen LogP contribution in [0.5, 0.6) is 0 Å². The Hall–Kier alpha value is -1.34. The minimum absolute atomic E-state index is 0.807. The summed E-state index contributed by atoms with van der Waals surface area (Å²) in [7, 11) is 3.94. The lowest BCUT2D eigenvalue weighted by Gasteiger charge is -2.05. The molecule has 7 heteroatoms. The molecule has 2 aromatic heterocycles. The van der Waals surface area contributed by atoms with Crippen molar-refractivity contribution in [1.82, 2.24) is 15.2 Å². The van der Waals surface area contributed by atoms with Gasteiger partial charge in [-0.15, -0.1) is 10.2 Å². The summed E-state index contributed by atoms with van der Waals surface area (Å²) in [6.45, 7) is 3.00. The molecule has 0 amide bonds. The lowest BCUT2D eigenvalue weighted by Crippen LogP contribution is -2.07. The van der Waals surface area contributed by atoms with Crippen LogP contribution in [0.3, 0.4) is 0 Å². The highest BCUT2D eigenvalue weighted by Crippen LogP contribution is 2.29. The highest BCUT2D eigenvalue weighted by molar-refractivity contribution is 8.00. The van der Waals surface area contributed by atoms with Crippen LogP contribution in [-0.4, -0.2) is 35.8 Å². The van der Waals surface area contributed by atoms with Crippen molar-refractivity contribution in [3.05, 3.63) is 24.0 Å². The molecule has 19 heavy (non-hydrogen) atoms. The van der Waals surface area contributed by atoms with E-state index in [0.29, 0.717) is 0 Å². The third kappa shape index (κ3) is 4.07. The molecule has 0 aliphatic carbocycles. The van der Waals surface area contributed by atoms with E-state index >= 15 is 0 Å². The predicted molar refractivity (Wildman–Crippen MR) is 82.2 cm³/mol. The molecule has 0 atom stereocenters. The van der Waals surface area contributed by atoms with Crippen LogP contribution in [0.25, 0.3) is 0 Å². The highest BCUT2D eigenvalue weighted by atomic mass is 32.2. The van der Waals surface area contributed by atoms with E-state index in [1.165, 1.54) is 0 Å². The first kappa shape index (κ1) is 14.1. The van der Waals surface area contributed by atoms with Gasteiger partial charge in [0.15, 0.2) is 4.34 Å². The van der Waals surface area contributed by atoms with E-state index in [1.54, 1.807) is 23.1 Å². The molecule has 0 aliphatic heterocycles. The monoisotopic (exact) mass is 295 g/mol. The van der Waals surface area contributed by atoms with Crippen molar-refractivity contribution in [2.75, 3.05) is 30.9 Å². The number of anilines is 2. The van der Waals surface area contributed by atoms with Crippen LogP contribution in [0.2, 0.25) is 0 Å². The van der Waals surface area contributed by atoms with Gasteiger partial charge in [0, 0.05) is 38.3 Å². The molecule has 0 aliphatic rings.